The zero-order valence-electron chi connectivity index (χ0n) is 18.4. The summed E-state index contributed by atoms with van der Waals surface area (Å²) in [6.45, 7) is 4.71. The second-order valence-corrected chi connectivity index (χ2v) is 11.0. The van der Waals surface area contributed by atoms with Crippen LogP contribution in [0.2, 0.25) is 0 Å². The maximum absolute atomic E-state index is 12.8. The number of thiophene rings is 1. The highest BCUT2D eigenvalue weighted by Gasteiger charge is 2.23. The predicted molar refractivity (Wildman–Crippen MR) is 132 cm³/mol. The molecule has 0 saturated carbocycles. The lowest BCUT2D eigenvalue weighted by atomic mass is 10.2. The van der Waals surface area contributed by atoms with Gasteiger partial charge in [0.1, 0.15) is 0 Å². The van der Waals surface area contributed by atoms with E-state index in [0.717, 1.165) is 22.7 Å². The summed E-state index contributed by atoms with van der Waals surface area (Å²) < 4.78 is 27.1. The van der Waals surface area contributed by atoms with Crippen LogP contribution in [0.3, 0.4) is 0 Å². The summed E-state index contributed by atoms with van der Waals surface area (Å²) in [7, 11) is -3.63. The Morgan fingerprint density at radius 2 is 1.79 bits per heavy atom. The molecule has 180 valence electrons. The van der Waals surface area contributed by atoms with Crippen molar-refractivity contribution < 1.29 is 18.1 Å². The number of hydrogen-bond acceptors (Lipinski definition) is 10. The summed E-state index contributed by atoms with van der Waals surface area (Å²) in [5.41, 5.74) is 0.266. The monoisotopic (exact) mass is 522 g/mol. The van der Waals surface area contributed by atoms with Crippen LogP contribution >= 0.6 is 22.7 Å². The molecule has 2 aromatic heterocycles. The molecule has 0 unspecified atom stereocenters. The number of aliphatic imine (C=N–C) groups is 1. The molecule has 0 spiro atoms. The van der Waals surface area contributed by atoms with Crippen LogP contribution in [0.4, 0.5) is 15.3 Å². The largest absolute Gasteiger partial charge is 0.324 e. The first kappa shape index (κ1) is 25.6. The van der Waals surface area contributed by atoms with Crippen LogP contribution in [-0.4, -0.2) is 53.1 Å². The normalized spacial score (nSPS) is 11.9. The van der Waals surface area contributed by atoms with E-state index in [4.69, 9.17) is 0 Å². The van der Waals surface area contributed by atoms with Crippen LogP contribution < -0.4 is 5.32 Å². The minimum absolute atomic E-state index is 0.00826. The zero-order valence-corrected chi connectivity index (χ0v) is 20.8. The number of aromatic nitrogens is 2. The number of hydrogen-bond donors (Lipinski definition) is 1. The third kappa shape index (κ3) is 6.28. The summed E-state index contributed by atoms with van der Waals surface area (Å²) in [5, 5.41) is 21.6. The molecule has 11 nitrogen and oxygen atoms in total. The molecule has 0 radical (unpaired) electrons. The molecule has 0 saturated heterocycles. The molecule has 0 bridgehead atoms. The number of carbonyl (C=O) groups excluding carboxylic acids is 1. The van der Waals surface area contributed by atoms with Crippen molar-refractivity contribution in [2.45, 2.75) is 31.6 Å². The molecule has 0 atom stereocenters. The Kier molecular flexibility index (Phi) is 8.55. The lowest BCUT2D eigenvalue weighted by Crippen LogP contribution is -2.32. The van der Waals surface area contributed by atoms with Gasteiger partial charge < -0.3 is 0 Å². The van der Waals surface area contributed by atoms with Gasteiger partial charge in [0, 0.05) is 30.9 Å². The first-order valence-electron chi connectivity index (χ1n) is 10.3. The van der Waals surface area contributed by atoms with Gasteiger partial charge in [0.05, 0.1) is 14.7 Å². The van der Waals surface area contributed by atoms with Crippen LogP contribution in [0, 0.1) is 10.1 Å². The van der Waals surface area contributed by atoms with E-state index in [1.54, 1.807) is 6.07 Å². The number of carbonyl (C=O) groups is 1. The number of benzene rings is 1. The van der Waals surface area contributed by atoms with Gasteiger partial charge in [0.25, 0.3) is 5.91 Å². The molecular weight excluding hydrogens is 500 g/mol. The summed E-state index contributed by atoms with van der Waals surface area (Å²) in [6, 6.07) is 8.68. The molecule has 1 aromatic carbocycles. The van der Waals surface area contributed by atoms with Crippen molar-refractivity contribution in [2.75, 3.05) is 18.4 Å². The third-order valence-corrected chi connectivity index (χ3v) is 8.06. The average Bonchev–Trinajstić information content (AvgIpc) is 3.47. The van der Waals surface area contributed by atoms with Crippen molar-refractivity contribution >= 4 is 60.1 Å². The quantitative estimate of drug-likeness (QED) is 0.224. The molecule has 3 aromatic rings. The van der Waals surface area contributed by atoms with Gasteiger partial charge in [0.15, 0.2) is 0 Å². The lowest BCUT2D eigenvalue weighted by molar-refractivity contribution is -0.380. The van der Waals surface area contributed by atoms with E-state index in [2.05, 4.69) is 20.5 Å². The van der Waals surface area contributed by atoms with Crippen molar-refractivity contribution in [2.24, 2.45) is 4.99 Å². The van der Waals surface area contributed by atoms with Crippen LogP contribution in [0.1, 0.15) is 41.9 Å². The van der Waals surface area contributed by atoms with E-state index in [1.807, 2.05) is 13.8 Å². The Labute approximate surface area is 204 Å². The van der Waals surface area contributed by atoms with Gasteiger partial charge in [-0.3, -0.25) is 20.2 Å². The highest BCUT2D eigenvalue weighted by molar-refractivity contribution is 7.89. The van der Waals surface area contributed by atoms with Gasteiger partial charge in [-0.2, -0.15) is 4.31 Å². The lowest BCUT2D eigenvalue weighted by Gasteiger charge is -2.21. The molecule has 2 heterocycles. The Balaban J connectivity index is 1.65. The van der Waals surface area contributed by atoms with Crippen LogP contribution in [0.25, 0.3) is 0 Å². The molecule has 3 rings (SSSR count). The molecule has 1 N–H and O–H groups in total. The second-order valence-electron chi connectivity index (χ2n) is 6.96. The van der Waals surface area contributed by atoms with Gasteiger partial charge in [0.2, 0.25) is 20.3 Å². The van der Waals surface area contributed by atoms with E-state index in [1.165, 1.54) is 40.9 Å². The van der Waals surface area contributed by atoms with Gasteiger partial charge >= 0.3 is 5.00 Å². The standard InChI is InChI=1S/C20H22N6O5S3/c1-3-11-25(12-4-2)34(30,31)16-8-5-14(6-9-16)18(27)22-20-24-23-19(33-20)21-13-15-7-10-17(32-15)26(28)29/h5-10,13H,3-4,11-12H2,1-2H3,(H,22,24,27)/b21-13+. The molecule has 0 aliphatic carbocycles. The van der Waals surface area contributed by atoms with Gasteiger partial charge in [-0.1, -0.05) is 36.5 Å². The number of sulfonamides is 1. The predicted octanol–water partition coefficient (Wildman–Crippen LogP) is 4.32. The Hall–Kier alpha value is -3.07. The molecule has 34 heavy (non-hydrogen) atoms. The highest BCUT2D eigenvalue weighted by Crippen LogP contribution is 2.26. The SMILES string of the molecule is CCCN(CCC)S(=O)(=O)c1ccc(C(=O)Nc2nnc(/N=C/c3ccc([N+](=O)[O-])s3)s2)cc1. The molecule has 14 heteroatoms. The number of rotatable bonds is 11. The fraction of sp³-hybridized carbons (Fsp3) is 0.300. The van der Waals surface area contributed by atoms with E-state index in [0.29, 0.717) is 30.8 Å². The maximum atomic E-state index is 12.8. The number of nitrogens with zero attached hydrogens (tertiary/aromatic N) is 5. The second kappa shape index (κ2) is 11.4. The molecule has 1 amide bonds. The van der Waals surface area contributed by atoms with Gasteiger partial charge in [-0.15, -0.1) is 10.2 Å². The Morgan fingerprint density at radius 3 is 2.38 bits per heavy atom. The zero-order chi connectivity index (χ0) is 24.7. The Bertz CT molecular complexity index is 1280. The first-order valence-corrected chi connectivity index (χ1v) is 13.3. The topological polar surface area (TPSA) is 148 Å². The van der Waals surface area contributed by atoms with E-state index < -0.39 is 20.9 Å². The van der Waals surface area contributed by atoms with Gasteiger partial charge in [-0.25, -0.2) is 13.4 Å². The fourth-order valence-electron chi connectivity index (χ4n) is 2.89. The Morgan fingerprint density at radius 1 is 1.12 bits per heavy atom. The average molecular weight is 523 g/mol. The number of amides is 1. The smallest absolute Gasteiger partial charge is 0.296 e. The minimum atomic E-state index is -3.63. The maximum Gasteiger partial charge on any atom is 0.324 e. The fourth-order valence-corrected chi connectivity index (χ4v) is 5.80. The van der Waals surface area contributed by atoms with Crippen LogP contribution in [0.5, 0.6) is 0 Å². The van der Waals surface area contributed by atoms with Crippen LogP contribution in [0.15, 0.2) is 46.3 Å². The van der Waals surface area contributed by atoms with Crippen LogP contribution in [-0.2, 0) is 10.0 Å². The molecule has 0 aliphatic heterocycles. The van der Waals surface area contributed by atoms with E-state index >= 15 is 0 Å². The van der Waals surface area contributed by atoms with E-state index in [-0.39, 0.29) is 25.7 Å². The van der Waals surface area contributed by atoms with Crippen molar-refractivity contribution in [3.8, 4) is 0 Å². The van der Waals surface area contributed by atoms with Crippen molar-refractivity contribution in [3.63, 3.8) is 0 Å². The van der Waals surface area contributed by atoms with Crippen molar-refractivity contribution in [1.29, 1.82) is 0 Å². The molecule has 0 aliphatic rings. The first-order chi connectivity index (χ1) is 16.2. The van der Waals surface area contributed by atoms with E-state index in [9.17, 15) is 23.3 Å². The molecule has 0 fully saturated rings. The number of nitrogens with one attached hydrogen (secondary N) is 1. The highest BCUT2D eigenvalue weighted by atomic mass is 32.2. The summed E-state index contributed by atoms with van der Waals surface area (Å²) in [5.74, 6) is -0.469. The summed E-state index contributed by atoms with van der Waals surface area (Å²) >= 11 is 2.00. The van der Waals surface area contributed by atoms with Crippen molar-refractivity contribution in [1.82, 2.24) is 14.5 Å². The molecular formula is C20H22N6O5S3. The summed E-state index contributed by atoms with van der Waals surface area (Å²) in [4.78, 5) is 27.6. The van der Waals surface area contributed by atoms with Gasteiger partial charge in [-0.05, 0) is 43.2 Å². The number of nitro groups is 1. The third-order valence-electron chi connectivity index (χ3n) is 4.43. The van der Waals surface area contributed by atoms with Crippen molar-refractivity contribution in [3.05, 3.63) is 57.0 Å². The summed E-state index contributed by atoms with van der Waals surface area (Å²) in [6.07, 6.45) is 2.85. The minimum Gasteiger partial charge on any atom is -0.296 e. The number of anilines is 1.